The molecular formula is C25H46O6S12. The van der Waals surface area contributed by atoms with Gasteiger partial charge in [-0.05, 0) is 12.2 Å². The molecule has 0 rings (SSSR count). The van der Waals surface area contributed by atoms with Crippen LogP contribution in [0.5, 0.6) is 0 Å². The Morgan fingerprint density at radius 2 is 0.930 bits per heavy atom. The lowest BCUT2D eigenvalue weighted by molar-refractivity contribution is -0.111. The van der Waals surface area contributed by atoms with E-state index in [1.165, 1.54) is 35.3 Å². The minimum Gasteiger partial charge on any atom is -0.396 e. The van der Waals surface area contributed by atoms with Crippen molar-refractivity contribution < 1.29 is 28.8 Å². The summed E-state index contributed by atoms with van der Waals surface area (Å²) in [5.41, 5.74) is 0. The van der Waals surface area contributed by atoms with Gasteiger partial charge in [-0.3, -0.25) is 18.6 Å². The van der Waals surface area contributed by atoms with Gasteiger partial charge in [0.2, 0.25) is 0 Å². The maximum atomic E-state index is 12.2. The zero-order valence-corrected chi connectivity index (χ0v) is 34.3. The molecule has 0 radical (unpaired) electrons. The fourth-order valence-corrected chi connectivity index (χ4v) is 15.5. The summed E-state index contributed by atoms with van der Waals surface area (Å²) in [6.07, 6.45) is 2.68. The van der Waals surface area contributed by atoms with Gasteiger partial charge in [0.15, 0.2) is 15.3 Å². The molecule has 0 aromatic rings. The van der Waals surface area contributed by atoms with Crippen LogP contribution in [0.15, 0.2) is 0 Å². The van der Waals surface area contributed by atoms with E-state index in [-0.39, 0.29) is 28.6 Å². The SMILES string of the molecule is O=C(CCSCSCCCS(=O)CSCSCSC(=O)CCSCSCCC(=O)SCCSCCO)SCCSCCO. The molecule has 0 saturated heterocycles. The van der Waals surface area contributed by atoms with Crippen LogP contribution in [0.2, 0.25) is 0 Å². The average Bonchev–Trinajstić information content (AvgIpc) is 2.99. The predicted octanol–water partition coefficient (Wildman–Crippen LogP) is 6.71. The molecule has 2 N–H and O–H groups in total. The van der Waals surface area contributed by atoms with Crippen molar-refractivity contribution in [2.45, 2.75) is 25.7 Å². The Labute approximate surface area is 308 Å². The number of aliphatic hydroxyl groups excluding tert-OH is 2. The highest BCUT2D eigenvalue weighted by Gasteiger charge is 2.07. The van der Waals surface area contributed by atoms with E-state index in [0.29, 0.717) is 24.3 Å². The number of hydrogen-bond acceptors (Lipinski definition) is 17. The predicted molar refractivity (Wildman–Crippen MR) is 217 cm³/mol. The molecule has 6 nitrogen and oxygen atoms in total. The van der Waals surface area contributed by atoms with E-state index in [9.17, 15) is 18.6 Å². The third-order valence-corrected chi connectivity index (χ3v) is 19.0. The zero-order chi connectivity index (χ0) is 31.6. The number of aliphatic hydroxyl groups is 2. The number of thioether (sulfide) groups is 11. The lowest BCUT2D eigenvalue weighted by atomic mass is 10.5. The van der Waals surface area contributed by atoms with E-state index in [4.69, 9.17) is 10.2 Å². The number of carbonyl (C=O) groups is 3. The van der Waals surface area contributed by atoms with Crippen molar-refractivity contribution in [3.8, 4) is 0 Å². The fourth-order valence-electron chi connectivity index (χ4n) is 2.51. The first-order valence-corrected chi connectivity index (χ1v) is 27.3. The van der Waals surface area contributed by atoms with Crippen LogP contribution >= 0.6 is 129 Å². The monoisotopic (exact) mass is 826 g/mol. The molecule has 18 heteroatoms. The summed E-state index contributed by atoms with van der Waals surface area (Å²) in [5, 5.41) is 22.2. The van der Waals surface area contributed by atoms with Crippen molar-refractivity contribution in [2.75, 3.05) is 102 Å². The molecule has 0 spiro atoms. The van der Waals surface area contributed by atoms with Gasteiger partial charge in [0, 0.05) is 108 Å². The van der Waals surface area contributed by atoms with Crippen molar-refractivity contribution in [3.05, 3.63) is 0 Å². The average molecular weight is 827 g/mol. The lowest BCUT2D eigenvalue weighted by Gasteiger charge is -2.04. The molecule has 0 heterocycles. The molecule has 1 atom stereocenters. The highest BCUT2D eigenvalue weighted by Crippen LogP contribution is 2.22. The molecule has 43 heavy (non-hydrogen) atoms. The van der Waals surface area contributed by atoms with Gasteiger partial charge in [0.25, 0.3) is 0 Å². The smallest absolute Gasteiger partial charge is 0.190 e. The van der Waals surface area contributed by atoms with Gasteiger partial charge in [-0.1, -0.05) is 35.3 Å². The van der Waals surface area contributed by atoms with Crippen LogP contribution in [-0.2, 0) is 25.2 Å². The molecule has 0 amide bonds. The molecule has 0 aromatic carbocycles. The van der Waals surface area contributed by atoms with Gasteiger partial charge in [-0.15, -0.1) is 23.5 Å². The van der Waals surface area contributed by atoms with Crippen LogP contribution in [-0.4, -0.2) is 132 Å². The highest BCUT2D eigenvalue weighted by atomic mass is 32.3. The largest absolute Gasteiger partial charge is 0.396 e. The second-order valence-corrected chi connectivity index (χ2v) is 23.6. The molecule has 0 aliphatic carbocycles. The van der Waals surface area contributed by atoms with Crippen LogP contribution in [0.1, 0.15) is 25.7 Å². The number of hydrogen-bond donors (Lipinski definition) is 2. The Morgan fingerprint density at radius 1 is 0.465 bits per heavy atom. The third-order valence-electron chi connectivity index (χ3n) is 4.48. The van der Waals surface area contributed by atoms with Crippen LogP contribution in [0.4, 0.5) is 0 Å². The number of rotatable bonds is 33. The molecule has 0 fully saturated rings. The topological polar surface area (TPSA) is 109 Å². The van der Waals surface area contributed by atoms with E-state index >= 15 is 0 Å². The van der Waals surface area contributed by atoms with Crippen molar-refractivity contribution in [2.24, 2.45) is 0 Å². The standard InChI is InChI=1S/C25H46O6S12/c26-5-11-32-13-15-40-23(28)2-8-35-18-34-7-1-17-43(31)22-39-20-38-21-42-25(30)4-10-37-19-36-9-3-24(29)41-16-14-33-12-6-27/h26-27H,1-22H2. The van der Waals surface area contributed by atoms with Crippen molar-refractivity contribution in [3.63, 3.8) is 0 Å². The van der Waals surface area contributed by atoms with Gasteiger partial charge in [-0.25, -0.2) is 0 Å². The Bertz CT molecular complexity index is 708. The van der Waals surface area contributed by atoms with E-state index in [1.807, 2.05) is 11.8 Å². The zero-order valence-electron chi connectivity index (χ0n) is 24.5. The van der Waals surface area contributed by atoms with Crippen LogP contribution < -0.4 is 0 Å². The summed E-state index contributed by atoms with van der Waals surface area (Å²) in [4.78, 5) is 35.6. The molecule has 0 aliphatic heterocycles. The molecular weight excluding hydrogens is 781 g/mol. The Kier molecular flexibility index (Phi) is 40.3. The molecule has 0 bridgehead atoms. The second-order valence-electron chi connectivity index (χ2n) is 8.01. The van der Waals surface area contributed by atoms with Crippen molar-refractivity contribution >= 4 is 156 Å². The molecule has 0 saturated carbocycles. The first kappa shape index (κ1) is 45.9. The summed E-state index contributed by atoms with van der Waals surface area (Å²) in [6, 6.07) is 0. The van der Waals surface area contributed by atoms with Gasteiger partial charge in [-0.2, -0.15) is 70.6 Å². The summed E-state index contributed by atoms with van der Waals surface area (Å²) in [5.74, 6) is 9.08. The van der Waals surface area contributed by atoms with Gasteiger partial charge < -0.3 is 10.2 Å². The fraction of sp³-hybridized carbons (Fsp3) is 0.880. The minimum absolute atomic E-state index is 0.188. The van der Waals surface area contributed by atoms with Crippen LogP contribution in [0.3, 0.4) is 0 Å². The Balaban J connectivity index is 3.38. The minimum atomic E-state index is -0.809. The first-order chi connectivity index (χ1) is 21.0. The van der Waals surface area contributed by atoms with E-state index in [2.05, 4.69) is 0 Å². The van der Waals surface area contributed by atoms with Gasteiger partial charge in [0.05, 0.1) is 18.3 Å². The van der Waals surface area contributed by atoms with Crippen molar-refractivity contribution in [1.29, 1.82) is 0 Å². The first-order valence-electron chi connectivity index (χ1n) is 13.6. The summed E-state index contributed by atoms with van der Waals surface area (Å²) < 4.78 is 12.2. The highest BCUT2D eigenvalue weighted by molar-refractivity contribution is 8.28. The van der Waals surface area contributed by atoms with E-state index in [1.54, 1.807) is 82.3 Å². The molecule has 254 valence electrons. The van der Waals surface area contributed by atoms with Gasteiger partial charge >= 0.3 is 0 Å². The maximum Gasteiger partial charge on any atom is 0.190 e. The Hall–Kier alpha value is 2.93. The summed E-state index contributed by atoms with van der Waals surface area (Å²) in [6.45, 7) is 0.382. The van der Waals surface area contributed by atoms with Crippen LogP contribution in [0.25, 0.3) is 0 Å². The quantitative estimate of drug-likeness (QED) is 0.0540. The normalized spacial score (nSPS) is 12.0. The molecule has 1 unspecified atom stereocenters. The molecule has 0 aliphatic rings. The summed E-state index contributed by atoms with van der Waals surface area (Å²) in [7, 11) is -0.809. The van der Waals surface area contributed by atoms with Crippen molar-refractivity contribution in [1.82, 2.24) is 0 Å². The lowest BCUT2D eigenvalue weighted by Crippen LogP contribution is -2.01. The number of carbonyl (C=O) groups excluding carboxylic acids is 3. The second kappa shape index (κ2) is 37.7. The van der Waals surface area contributed by atoms with Crippen LogP contribution in [0, 0.1) is 0 Å². The Morgan fingerprint density at radius 3 is 1.44 bits per heavy atom. The van der Waals surface area contributed by atoms with E-state index in [0.717, 1.165) is 90.0 Å². The van der Waals surface area contributed by atoms with Gasteiger partial charge in [0.1, 0.15) is 0 Å². The third kappa shape index (κ3) is 37.6. The van der Waals surface area contributed by atoms with E-state index < -0.39 is 10.8 Å². The maximum absolute atomic E-state index is 12.2. The molecule has 0 aromatic heterocycles. The summed E-state index contributed by atoms with van der Waals surface area (Å²) >= 11 is 18.0.